The topological polar surface area (TPSA) is 99.4 Å². The summed E-state index contributed by atoms with van der Waals surface area (Å²) in [7, 11) is 0. The summed E-state index contributed by atoms with van der Waals surface area (Å²) < 4.78 is 9.68. The summed E-state index contributed by atoms with van der Waals surface area (Å²) in [5.74, 6) is 0. The highest BCUT2D eigenvalue weighted by Crippen LogP contribution is 2.19. The van der Waals surface area contributed by atoms with Gasteiger partial charge in [-0.1, -0.05) is 0 Å². The third kappa shape index (κ3) is 2.37. The van der Waals surface area contributed by atoms with Crippen molar-refractivity contribution in [2.75, 3.05) is 6.61 Å². The van der Waals surface area contributed by atoms with Gasteiger partial charge in [-0.25, -0.2) is 0 Å². The monoisotopic (exact) mass is 194 g/mol. The molecule has 6 heteroatoms. The summed E-state index contributed by atoms with van der Waals surface area (Å²) in [5.41, 5.74) is 0. The second-order valence-electron chi connectivity index (χ2n) is 2.97. The van der Waals surface area contributed by atoms with Crippen molar-refractivity contribution in [1.82, 2.24) is 0 Å². The van der Waals surface area contributed by atoms with Crippen molar-refractivity contribution < 1.29 is 29.9 Å². The summed E-state index contributed by atoms with van der Waals surface area (Å²) in [6, 6.07) is 0. The molecule has 0 radical (unpaired) electrons. The zero-order chi connectivity index (χ0) is 10.0. The van der Waals surface area contributed by atoms with E-state index in [1.807, 2.05) is 0 Å². The maximum absolute atomic E-state index is 9.23. The van der Waals surface area contributed by atoms with Gasteiger partial charge in [0, 0.05) is 0 Å². The van der Waals surface area contributed by atoms with Crippen LogP contribution in [0.1, 0.15) is 6.92 Å². The quantitative estimate of drug-likeness (QED) is 0.397. The van der Waals surface area contributed by atoms with E-state index >= 15 is 0 Å². The van der Waals surface area contributed by atoms with E-state index in [0.717, 1.165) is 0 Å². The van der Waals surface area contributed by atoms with Crippen molar-refractivity contribution in [2.24, 2.45) is 0 Å². The van der Waals surface area contributed by atoms with Crippen LogP contribution >= 0.6 is 0 Å². The molecule has 13 heavy (non-hydrogen) atoms. The Kier molecular flexibility index (Phi) is 3.60. The molecule has 0 aromatic rings. The van der Waals surface area contributed by atoms with Crippen molar-refractivity contribution in [3.8, 4) is 0 Å². The lowest BCUT2D eigenvalue weighted by atomic mass is 10.1. The molecular weight excluding hydrogens is 180 g/mol. The molecule has 5 unspecified atom stereocenters. The molecule has 1 fully saturated rings. The van der Waals surface area contributed by atoms with Crippen molar-refractivity contribution in [3.63, 3.8) is 0 Å². The van der Waals surface area contributed by atoms with Gasteiger partial charge < -0.3 is 29.9 Å². The third-order valence-electron chi connectivity index (χ3n) is 1.90. The van der Waals surface area contributed by atoms with Crippen LogP contribution in [0.15, 0.2) is 0 Å². The minimum Gasteiger partial charge on any atom is -0.394 e. The molecule has 4 N–H and O–H groups in total. The van der Waals surface area contributed by atoms with Crippen LogP contribution in [0.4, 0.5) is 0 Å². The summed E-state index contributed by atoms with van der Waals surface area (Å²) in [6.07, 6.45) is -5.57. The predicted octanol–water partition coefficient (Wildman–Crippen LogP) is -2.22. The molecule has 0 aliphatic carbocycles. The molecule has 0 spiro atoms. The molecule has 1 rings (SSSR count). The van der Waals surface area contributed by atoms with Gasteiger partial charge in [0.1, 0.15) is 18.3 Å². The number of rotatable bonds is 2. The third-order valence-corrected chi connectivity index (χ3v) is 1.90. The van der Waals surface area contributed by atoms with Gasteiger partial charge in [0.15, 0.2) is 12.6 Å². The van der Waals surface area contributed by atoms with E-state index in [2.05, 4.69) is 0 Å². The first-order valence-corrected chi connectivity index (χ1v) is 4.02. The molecular formula is C7H14O6. The zero-order valence-corrected chi connectivity index (χ0v) is 7.20. The normalized spacial score (nSPS) is 43.2. The number of ether oxygens (including phenoxy) is 2. The lowest BCUT2D eigenvalue weighted by molar-refractivity contribution is -0.341. The van der Waals surface area contributed by atoms with Crippen molar-refractivity contribution >= 4 is 0 Å². The molecule has 1 aliphatic rings. The average Bonchev–Trinajstić information content (AvgIpc) is 2.10. The molecule has 1 heterocycles. The molecule has 0 amide bonds. The van der Waals surface area contributed by atoms with Gasteiger partial charge in [-0.05, 0) is 6.92 Å². The van der Waals surface area contributed by atoms with Crippen LogP contribution in [-0.2, 0) is 9.47 Å². The zero-order valence-electron chi connectivity index (χ0n) is 7.20. The molecule has 0 saturated carbocycles. The molecule has 5 atom stereocenters. The van der Waals surface area contributed by atoms with Gasteiger partial charge in [0.05, 0.1) is 6.61 Å². The first kappa shape index (κ1) is 10.8. The van der Waals surface area contributed by atoms with E-state index < -0.39 is 37.5 Å². The smallest absolute Gasteiger partial charge is 0.184 e. The van der Waals surface area contributed by atoms with Crippen LogP contribution < -0.4 is 0 Å². The standard InChI is InChI=1S/C7H14O6/c1-3-6(10)13-5(4(9)2-8)7(11)12-3/h3-11H,2H2,1H3. The van der Waals surface area contributed by atoms with Crippen molar-refractivity contribution in [1.29, 1.82) is 0 Å². The van der Waals surface area contributed by atoms with Gasteiger partial charge in [-0.2, -0.15) is 0 Å². The van der Waals surface area contributed by atoms with Gasteiger partial charge >= 0.3 is 0 Å². The fraction of sp³-hybridized carbons (Fsp3) is 1.00. The van der Waals surface area contributed by atoms with Gasteiger partial charge in [0.2, 0.25) is 0 Å². The van der Waals surface area contributed by atoms with Crippen LogP contribution in [0.25, 0.3) is 0 Å². The van der Waals surface area contributed by atoms with E-state index in [1.54, 1.807) is 0 Å². The number of hydrogen-bond donors (Lipinski definition) is 4. The first-order chi connectivity index (χ1) is 6.06. The molecule has 0 aromatic carbocycles. The van der Waals surface area contributed by atoms with E-state index in [1.165, 1.54) is 6.92 Å². The lowest BCUT2D eigenvalue weighted by Crippen LogP contribution is -2.53. The Hall–Kier alpha value is -0.240. The first-order valence-electron chi connectivity index (χ1n) is 4.02. The summed E-state index contributed by atoms with van der Waals surface area (Å²) >= 11 is 0. The minimum atomic E-state index is -1.33. The lowest BCUT2D eigenvalue weighted by Gasteiger charge is -2.37. The molecule has 78 valence electrons. The summed E-state index contributed by atoms with van der Waals surface area (Å²) in [6.45, 7) is 0.960. The van der Waals surface area contributed by atoms with Gasteiger partial charge in [-0.15, -0.1) is 0 Å². The summed E-state index contributed by atoms with van der Waals surface area (Å²) in [5, 5.41) is 36.1. The second kappa shape index (κ2) is 4.32. The molecule has 6 nitrogen and oxygen atoms in total. The van der Waals surface area contributed by atoms with Crippen molar-refractivity contribution in [3.05, 3.63) is 0 Å². The van der Waals surface area contributed by atoms with Crippen LogP contribution in [0.5, 0.6) is 0 Å². The van der Waals surface area contributed by atoms with Crippen LogP contribution in [0.2, 0.25) is 0 Å². The minimum absolute atomic E-state index is 0.563. The molecule has 0 aromatic heterocycles. The fourth-order valence-electron chi connectivity index (χ4n) is 1.09. The Balaban J connectivity index is 2.55. The average molecular weight is 194 g/mol. The number of aliphatic hydroxyl groups is 4. The van der Waals surface area contributed by atoms with E-state index in [9.17, 15) is 5.11 Å². The van der Waals surface area contributed by atoms with E-state index in [0.29, 0.717) is 0 Å². The Morgan fingerprint density at radius 2 is 1.85 bits per heavy atom. The highest BCUT2D eigenvalue weighted by Gasteiger charge is 2.38. The number of hydrogen-bond acceptors (Lipinski definition) is 6. The second-order valence-corrected chi connectivity index (χ2v) is 2.97. The van der Waals surface area contributed by atoms with E-state index in [4.69, 9.17) is 24.8 Å². The fourth-order valence-corrected chi connectivity index (χ4v) is 1.09. The maximum atomic E-state index is 9.23. The highest BCUT2D eigenvalue weighted by atomic mass is 16.7. The number of aliphatic hydroxyl groups excluding tert-OH is 4. The highest BCUT2D eigenvalue weighted by molar-refractivity contribution is 4.77. The molecule has 1 aliphatic heterocycles. The van der Waals surface area contributed by atoms with E-state index in [-0.39, 0.29) is 0 Å². The van der Waals surface area contributed by atoms with Gasteiger partial charge in [0.25, 0.3) is 0 Å². The maximum Gasteiger partial charge on any atom is 0.184 e. The SMILES string of the molecule is CC1OC(O)C(C(O)CO)OC1O. The predicted molar refractivity (Wildman–Crippen MR) is 40.5 cm³/mol. The largest absolute Gasteiger partial charge is 0.394 e. The Morgan fingerprint density at radius 3 is 2.38 bits per heavy atom. The Morgan fingerprint density at radius 1 is 1.23 bits per heavy atom. The Labute approximate surface area is 75.3 Å². The molecule has 1 saturated heterocycles. The van der Waals surface area contributed by atoms with Crippen molar-refractivity contribution in [2.45, 2.75) is 37.8 Å². The summed E-state index contributed by atoms with van der Waals surface area (Å²) in [4.78, 5) is 0. The van der Waals surface area contributed by atoms with Gasteiger partial charge in [-0.3, -0.25) is 0 Å². The van der Waals surface area contributed by atoms with Crippen LogP contribution in [-0.4, -0.2) is 57.9 Å². The van der Waals surface area contributed by atoms with Crippen LogP contribution in [0, 0.1) is 0 Å². The molecule has 0 bridgehead atoms. The Bertz CT molecular complexity index is 163. The van der Waals surface area contributed by atoms with Crippen LogP contribution in [0.3, 0.4) is 0 Å².